The van der Waals surface area contributed by atoms with Crippen molar-refractivity contribution in [2.75, 3.05) is 18.2 Å². The fourth-order valence-corrected chi connectivity index (χ4v) is 5.16. The Kier molecular flexibility index (Phi) is 9.78. The molecule has 1 fully saturated rings. The summed E-state index contributed by atoms with van der Waals surface area (Å²) in [5.74, 6) is 0.146. The minimum absolute atomic E-state index is 0.0189. The Morgan fingerprint density at radius 3 is 2.37 bits per heavy atom. The van der Waals surface area contributed by atoms with Gasteiger partial charge in [-0.25, -0.2) is 0 Å². The summed E-state index contributed by atoms with van der Waals surface area (Å²) in [4.78, 5) is 23.7. The van der Waals surface area contributed by atoms with Crippen LogP contribution in [-0.2, 0) is 25.7 Å². The highest BCUT2D eigenvalue weighted by Crippen LogP contribution is 2.40. The van der Waals surface area contributed by atoms with E-state index in [1.165, 1.54) is 0 Å². The van der Waals surface area contributed by atoms with Crippen LogP contribution in [0.1, 0.15) is 48.3 Å². The van der Waals surface area contributed by atoms with E-state index in [0.717, 1.165) is 27.3 Å². The van der Waals surface area contributed by atoms with Gasteiger partial charge < -0.3 is 29.7 Å². The normalized spacial score (nSPS) is 19.1. The fraction of sp³-hybridized carbons (Fsp3) is 0.310. The van der Waals surface area contributed by atoms with E-state index in [1.54, 1.807) is 31.0 Å². The number of amides is 1. The molecule has 4 rings (SSSR count). The highest BCUT2D eigenvalue weighted by Gasteiger charge is 2.32. The van der Waals surface area contributed by atoms with Gasteiger partial charge in [0.25, 0.3) is 0 Å². The van der Waals surface area contributed by atoms with Crippen LogP contribution < -0.4 is 10.1 Å². The molecule has 3 N–H and O–H groups in total. The van der Waals surface area contributed by atoms with Crippen LogP contribution in [-0.4, -0.2) is 41.1 Å². The third kappa shape index (κ3) is 7.58. The van der Waals surface area contributed by atoms with E-state index >= 15 is 0 Å². The fourth-order valence-electron chi connectivity index (χ4n) is 4.11. The minimum atomic E-state index is -1.01. The summed E-state index contributed by atoms with van der Waals surface area (Å²) in [5, 5.41) is 20.9. The summed E-state index contributed by atoms with van der Waals surface area (Å²) in [6.07, 6.45) is -0.584. The average molecular weight is 538 g/mol. The Morgan fingerprint density at radius 2 is 1.68 bits per heavy atom. The molecular formula is C29H31NO7S. The molecule has 1 heterocycles. The zero-order valence-electron chi connectivity index (χ0n) is 21.0. The van der Waals surface area contributed by atoms with Crippen LogP contribution >= 0.6 is 11.8 Å². The number of hydrogen-bond acceptors (Lipinski definition) is 7. The Hall–Kier alpha value is -3.37. The van der Waals surface area contributed by atoms with E-state index in [4.69, 9.17) is 19.3 Å². The standard InChI is InChI=1S/C29H31NO7S/c1-35-24-4-2-3-5-26(24)38-18-23-16-25(20-8-6-19(17-31)7-9-20)37-29(36-23)21-10-12-22(13-11-21)30-27(32)14-15-28(33)34/h2-13,23,25,29,31H,14-18H2,1H3,(H,30,32)(H,33,34)/t23-,25+,29+/m1/s1. The van der Waals surface area contributed by atoms with Crippen molar-refractivity contribution < 1.29 is 34.0 Å². The summed E-state index contributed by atoms with van der Waals surface area (Å²) in [6, 6.07) is 22.8. The molecule has 0 unspecified atom stereocenters. The molecule has 1 saturated heterocycles. The molecule has 3 atom stereocenters. The zero-order valence-corrected chi connectivity index (χ0v) is 21.9. The van der Waals surface area contributed by atoms with Crippen LogP contribution in [0.2, 0.25) is 0 Å². The first-order valence-corrected chi connectivity index (χ1v) is 13.3. The minimum Gasteiger partial charge on any atom is -0.496 e. The molecule has 0 saturated carbocycles. The largest absolute Gasteiger partial charge is 0.496 e. The lowest BCUT2D eigenvalue weighted by Gasteiger charge is -2.36. The van der Waals surface area contributed by atoms with Crippen molar-refractivity contribution >= 4 is 29.3 Å². The first-order chi connectivity index (χ1) is 18.4. The Labute approximate surface area is 225 Å². The molecule has 0 aliphatic carbocycles. The number of para-hydroxylation sites is 1. The second-order valence-corrected chi connectivity index (χ2v) is 9.94. The van der Waals surface area contributed by atoms with E-state index in [9.17, 15) is 14.7 Å². The van der Waals surface area contributed by atoms with Gasteiger partial charge in [-0.15, -0.1) is 11.8 Å². The van der Waals surface area contributed by atoms with Gasteiger partial charge >= 0.3 is 5.97 Å². The number of benzene rings is 3. The Bertz CT molecular complexity index is 1220. The molecule has 3 aromatic rings. The van der Waals surface area contributed by atoms with Crippen molar-refractivity contribution in [2.45, 2.75) is 49.3 Å². The Balaban J connectivity index is 1.48. The number of nitrogens with one attached hydrogen (secondary N) is 1. The monoisotopic (exact) mass is 537 g/mol. The summed E-state index contributed by atoms with van der Waals surface area (Å²) in [7, 11) is 1.66. The molecule has 1 aliphatic rings. The molecule has 0 radical (unpaired) electrons. The first kappa shape index (κ1) is 27.7. The van der Waals surface area contributed by atoms with Gasteiger partial charge in [0, 0.05) is 34.7 Å². The highest BCUT2D eigenvalue weighted by molar-refractivity contribution is 7.99. The van der Waals surface area contributed by atoms with Gasteiger partial charge in [0.15, 0.2) is 6.29 Å². The van der Waals surface area contributed by atoms with Crippen molar-refractivity contribution in [3.05, 3.63) is 89.5 Å². The number of carboxylic acids is 1. The number of carbonyl (C=O) groups excluding carboxylic acids is 1. The SMILES string of the molecule is COc1ccccc1SC[C@H]1C[C@@H](c2ccc(CO)cc2)O[C@@H](c2ccc(NC(=O)CCC(=O)O)cc2)O1. The number of rotatable bonds is 11. The average Bonchev–Trinajstić information content (AvgIpc) is 2.95. The molecule has 0 spiro atoms. The number of aliphatic hydroxyl groups is 1. The Morgan fingerprint density at radius 1 is 0.974 bits per heavy atom. The maximum Gasteiger partial charge on any atom is 0.303 e. The number of anilines is 1. The van der Waals surface area contributed by atoms with Crippen molar-refractivity contribution in [3.8, 4) is 5.75 Å². The quantitative estimate of drug-likeness (QED) is 0.281. The van der Waals surface area contributed by atoms with E-state index < -0.39 is 12.3 Å². The van der Waals surface area contributed by atoms with Gasteiger partial charge in [0.2, 0.25) is 5.91 Å². The highest BCUT2D eigenvalue weighted by atomic mass is 32.2. The molecule has 0 aromatic heterocycles. The summed E-state index contributed by atoms with van der Waals surface area (Å²) in [6.45, 7) is -0.0189. The van der Waals surface area contributed by atoms with Gasteiger partial charge in [-0.3, -0.25) is 9.59 Å². The molecule has 9 heteroatoms. The second-order valence-electron chi connectivity index (χ2n) is 8.88. The third-order valence-electron chi connectivity index (χ3n) is 6.14. The maximum atomic E-state index is 12.0. The molecule has 200 valence electrons. The molecule has 1 amide bonds. The zero-order chi connectivity index (χ0) is 26.9. The predicted molar refractivity (Wildman–Crippen MR) is 144 cm³/mol. The topological polar surface area (TPSA) is 114 Å². The number of methoxy groups -OCH3 is 1. The number of aliphatic carboxylic acids is 1. The van der Waals surface area contributed by atoms with Crippen LogP contribution in [0.15, 0.2) is 77.7 Å². The molecule has 8 nitrogen and oxygen atoms in total. The first-order valence-electron chi connectivity index (χ1n) is 12.3. The second kappa shape index (κ2) is 13.4. The van der Waals surface area contributed by atoms with E-state index in [1.807, 2.05) is 60.7 Å². The number of hydrogen-bond donors (Lipinski definition) is 3. The number of aliphatic hydroxyl groups excluding tert-OH is 1. The summed E-state index contributed by atoms with van der Waals surface area (Å²) < 4.78 is 18.2. The van der Waals surface area contributed by atoms with Gasteiger partial charge in [-0.1, -0.05) is 48.5 Å². The van der Waals surface area contributed by atoms with Crippen molar-refractivity contribution in [1.82, 2.24) is 0 Å². The van der Waals surface area contributed by atoms with Crippen molar-refractivity contribution in [3.63, 3.8) is 0 Å². The molecule has 38 heavy (non-hydrogen) atoms. The van der Waals surface area contributed by atoms with Crippen molar-refractivity contribution in [1.29, 1.82) is 0 Å². The van der Waals surface area contributed by atoms with Gasteiger partial charge in [0.1, 0.15) is 5.75 Å². The van der Waals surface area contributed by atoms with Crippen LogP contribution in [0.3, 0.4) is 0 Å². The van der Waals surface area contributed by atoms with Crippen LogP contribution in [0.5, 0.6) is 5.75 Å². The predicted octanol–water partition coefficient (Wildman–Crippen LogP) is 5.33. The number of ether oxygens (including phenoxy) is 3. The number of carboxylic acid groups (broad SMARTS) is 1. The van der Waals surface area contributed by atoms with Crippen molar-refractivity contribution in [2.24, 2.45) is 0 Å². The smallest absolute Gasteiger partial charge is 0.303 e. The summed E-state index contributed by atoms with van der Waals surface area (Å²) >= 11 is 1.67. The van der Waals surface area contributed by atoms with Crippen LogP contribution in [0.25, 0.3) is 0 Å². The van der Waals surface area contributed by atoms with E-state index in [2.05, 4.69) is 5.32 Å². The van der Waals surface area contributed by atoms with Crippen LogP contribution in [0, 0.1) is 0 Å². The third-order valence-corrected chi connectivity index (χ3v) is 7.33. The number of thioether (sulfide) groups is 1. The molecule has 3 aromatic carbocycles. The molecule has 0 bridgehead atoms. The van der Waals surface area contributed by atoms with Gasteiger partial charge in [0.05, 0.1) is 32.3 Å². The van der Waals surface area contributed by atoms with E-state index in [-0.39, 0.29) is 37.6 Å². The summed E-state index contributed by atoms with van der Waals surface area (Å²) in [5.41, 5.74) is 3.21. The molecular weight excluding hydrogens is 506 g/mol. The number of carbonyl (C=O) groups is 2. The lowest BCUT2D eigenvalue weighted by atomic mass is 10.0. The van der Waals surface area contributed by atoms with E-state index in [0.29, 0.717) is 17.9 Å². The molecule has 1 aliphatic heterocycles. The van der Waals surface area contributed by atoms with Gasteiger partial charge in [-0.05, 0) is 35.4 Å². The van der Waals surface area contributed by atoms with Crippen LogP contribution in [0.4, 0.5) is 5.69 Å². The lowest BCUT2D eigenvalue weighted by Crippen LogP contribution is -2.31. The maximum absolute atomic E-state index is 12.0. The van der Waals surface area contributed by atoms with Gasteiger partial charge in [-0.2, -0.15) is 0 Å². The lowest BCUT2D eigenvalue weighted by molar-refractivity contribution is -0.245.